The van der Waals surface area contributed by atoms with Crippen LogP contribution in [0.2, 0.25) is 0 Å². The molecular weight excluding hydrogens is 434 g/mol. The topological polar surface area (TPSA) is 104 Å². The van der Waals surface area contributed by atoms with Crippen LogP contribution in [-0.2, 0) is 9.84 Å². The summed E-state index contributed by atoms with van der Waals surface area (Å²) in [6.07, 6.45) is 7.58. The van der Waals surface area contributed by atoms with Gasteiger partial charge >= 0.3 is 6.03 Å². The van der Waals surface area contributed by atoms with E-state index in [0.29, 0.717) is 5.69 Å². The molecule has 0 radical (unpaired) electrons. The molecule has 1 aliphatic rings. The van der Waals surface area contributed by atoms with Crippen LogP contribution in [0.15, 0.2) is 58.0 Å². The first-order chi connectivity index (χ1) is 14.9. The van der Waals surface area contributed by atoms with E-state index < -0.39 is 15.9 Å². The summed E-state index contributed by atoms with van der Waals surface area (Å²) in [5, 5.41) is 5.73. The van der Waals surface area contributed by atoms with Gasteiger partial charge in [0.15, 0.2) is 5.13 Å². The van der Waals surface area contributed by atoms with Crippen LogP contribution in [0.25, 0.3) is 0 Å². The molecule has 1 aromatic carbocycles. The average molecular weight is 458 g/mol. The standard InChI is InChI=1S/C21H23N5O3S2/c1-15-5-6-17(18(13-15)26-11-3-2-4-12-26)24-20(27)25-21-23-14-19(30-21)31(28,29)16-7-9-22-10-8-16/h5-10,13-14H,2-4,11-12H2,1H3,(H2,23,24,25,27). The third-order valence-electron chi connectivity index (χ3n) is 5.03. The third kappa shape index (κ3) is 4.86. The number of hydrogen-bond donors (Lipinski definition) is 2. The number of amides is 2. The lowest BCUT2D eigenvalue weighted by molar-refractivity contribution is 0.262. The SMILES string of the molecule is Cc1ccc(NC(=O)Nc2ncc(S(=O)(=O)c3ccncc3)s2)c(N2CCCCC2)c1. The number of urea groups is 1. The number of hydrogen-bond acceptors (Lipinski definition) is 7. The number of nitrogens with one attached hydrogen (secondary N) is 2. The van der Waals surface area contributed by atoms with Gasteiger partial charge in [-0.3, -0.25) is 10.3 Å². The maximum atomic E-state index is 12.7. The summed E-state index contributed by atoms with van der Waals surface area (Å²) >= 11 is 0.906. The van der Waals surface area contributed by atoms with Gasteiger partial charge < -0.3 is 10.2 Å². The van der Waals surface area contributed by atoms with Gasteiger partial charge in [-0.15, -0.1) is 0 Å². The summed E-state index contributed by atoms with van der Waals surface area (Å²) < 4.78 is 25.4. The van der Waals surface area contributed by atoms with Crippen LogP contribution in [0, 0.1) is 6.92 Å². The van der Waals surface area contributed by atoms with E-state index in [-0.39, 0.29) is 14.2 Å². The van der Waals surface area contributed by atoms with Crippen LogP contribution in [0.5, 0.6) is 0 Å². The second-order valence-electron chi connectivity index (χ2n) is 7.32. The number of carbonyl (C=O) groups is 1. The van der Waals surface area contributed by atoms with Crippen LogP contribution in [0.1, 0.15) is 24.8 Å². The van der Waals surface area contributed by atoms with Crippen molar-refractivity contribution in [3.05, 3.63) is 54.5 Å². The van der Waals surface area contributed by atoms with E-state index >= 15 is 0 Å². The normalized spacial score (nSPS) is 14.3. The summed E-state index contributed by atoms with van der Waals surface area (Å²) in [6, 6.07) is 8.29. The van der Waals surface area contributed by atoms with Gasteiger partial charge in [0.1, 0.15) is 4.21 Å². The van der Waals surface area contributed by atoms with E-state index in [4.69, 9.17) is 0 Å². The molecule has 0 unspecified atom stereocenters. The average Bonchev–Trinajstić information content (AvgIpc) is 3.25. The molecule has 10 heteroatoms. The zero-order chi connectivity index (χ0) is 21.8. The fourth-order valence-electron chi connectivity index (χ4n) is 3.47. The Morgan fingerprint density at radius 3 is 2.55 bits per heavy atom. The number of thiazole rings is 1. The smallest absolute Gasteiger partial charge is 0.325 e. The molecule has 4 rings (SSSR count). The van der Waals surface area contributed by atoms with Crippen LogP contribution in [0.4, 0.5) is 21.3 Å². The van der Waals surface area contributed by atoms with E-state index in [2.05, 4.69) is 31.6 Å². The summed E-state index contributed by atoms with van der Waals surface area (Å²) in [5.41, 5.74) is 2.83. The second kappa shape index (κ2) is 9.03. The number of carbonyl (C=O) groups excluding carboxylic acids is 1. The Balaban J connectivity index is 1.48. The molecular formula is C21H23N5O3S2. The maximum Gasteiger partial charge on any atom is 0.325 e. The van der Waals surface area contributed by atoms with Gasteiger partial charge in [0.25, 0.3) is 0 Å². The van der Waals surface area contributed by atoms with Crippen LogP contribution in [-0.4, -0.2) is 37.5 Å². The monoisotopic (exact) mass is 457 g/mol. The van der Waals surface area contributed by atoms with Crippen molar-refractivity contribution in [2.24, 2.45) is 0 Å². The predicted molar refractivity (Wildman–Crippen MR) is 122 cm³/mol. The van der Waals surface area contributed by atoms with E-state index in [1.807, 2.05) is 19.1 Å². The molecule has 0 saturated carbocycles. The van der Waals surface area contributed by atoms with Crippen molar-refractivity contribution in [1.29, 1.82) is 0 Å². The van der Waals surface area contributed by atoms with Gasteiger partial charge in [-0.2, -0.15) is 0 Å². The minimum atomic E-state index is -3.70. The summed E-state index contributed by atoms with van der Waals surface area (Å²) in [4.78, 5) is 22.9. The fraction of sp³-hybridized carbons (Fsp3) is 0.286. The molecule has 31 heavy (non-hydrogen) atoms. The van der Waals surface area contributed by atoms with Crippen molar-refractivity contribution in [2.75, 3.05) is 28.6 Å². The molecule has 0 bridgehead atoms. The van der Waals surface area contributed by atoms with Gasteiger partial charge in [0.2, 0.25) is 9.84 Å². The number of aromatic nitrogens is 2. The summed E-state index contributed by atoms with van der Waals surface area (Å²) in [6.45, 7) is 3.95. The number of anilines is 3. The lowest BCUT2D eigenvalue weighted by Crippen LogP contribution is -2.31. The van der Waals surface area contributed by atoms with Crippen molar-refractivity contribution < 1.29 is 13.2 Å². The first-order valence-electron chi connectivity index (χ1n) is 9.98. The van der Waals surface area contributed by atoms with Crippen molar-refractivity contribution in [3.63, 3.8) is 0 Å². The highest BCUT2D eigenvalue weighted by Crippen LogP contribution is 2.31. The van der Waals surface area contributed by atoms with Gasteiger partial charge in [0, 0.05) is 25.5 Å². The minimum absolute atomic E-state index is 0.0540. The molecule has 3 aromatic rings. The number of piperidine rings is 1. The molecule has 0 atom stereocenters. The zero-order valence-electron chi connectivity index (χ0n) is 17.0. The lowest BCUT2D eigenvalue weighted by Gasteiger charge is -2.30. The molecule has 0 spiro atoms. The highest BCUT2D eigenvalue weighted by atomic mass is 32.2. The zero-order valence-corrected chi connectivity index (χ0v) is 18.7. The molecule has 8 nitrogen and oxygen atoms in total. The number of benzene rings is 1. The van der Waals surface area contributed by atoms with Crippen molar-refractivity contribution >= 4 is 43.7 Å². The van der Waals surface area contributed by atoms with Gasteiger partial charge in [-0.1, -0.05) is 17.4 Å². The number of pyridine rings is 1. The quantitative estimate of drug-likeness (QED) is 0.591. The minimum Gasteiger partial charge on any atom is -0.370 e. The maximum absolute atomic E-state index is 12.7. The van der Waals surface area contributed by atoms with E-state index in [9.17, 15) is 13.2 Å². The van der Waals surface area contributed by atoms with E-state index in [0.717, 1.165) is 48.5 Å². The Labute approximate surface area is 185 Å². The first-order valence-corrected chi connectivity index (χ1v) is 12.3. The number of nitrogens with zero attached hydrogens (tertiary/aromatic N) is 3. The van der Waals surface area contributed by atoms with E-state index in [1.165, 1.54) is 37.1 Å². The van der Waals surface area contributed by atoms with Gasteiger partial charge in [0.05, 0.1) is 22.5 Å². The van der Waals surface area contributed by atoms with E-state index in [1.54, 1.807) is 0 Å². The summed E-state index contributed by atoms with van der Waals surface area (Å²) in [7, 11) is -3.70. The fourth-order valence-corrected chi connectivity index (χ4v) is 5.88. The third-order valence-corrected chi connectivity index (χ3v) is 8.17. The number of aryl methyl sites for hydroxylation is 1. The molecule has 2 aromatic heterocycles. The highest BCUT2D eigenvalue weighted by molar-refractivity contribution is 7.93. The van der Waals surface area contributed by atoms with Gasteiger partial charge in [-0.25, -0.2) is 18.2 Å². The molecule has 1 saturated heterocycles. The molecule has 162 valence electrons. The van der Waals surface area contributed by atoms with Crippen molar-refractivity contribution in [3.8, 4) is 0 Å². The Hall–Kier alpha value is -2.98. The van der Waals surface area contributed by atoms with Crippen LogP contribution >= 0.6 is 11.3 Å². The first kappa shape index (κ1) is 21.3. The van der Waals surface area contributed by atoms with Crippen LogP contribution in [0.3, 0.4) is 0 Å². The van der Waals surface area contributed by atoms with Crippen molar-refractivity contribution in [2.45, 2.75) is 35.3 Å². The lowest BCUT2D eigenvalue weighted by atomic mass is 10.1. The van der Waals surface area contributed by atoms with Crippen molar-refractivity contribution in [1.82, 2.24) is 9.97 Å². The molecule has 2 N–H and O–H groups in total. The highest BCUT2D eigenvalue weighted by Gasteiger charge is 2.22. The predicted octanol–water partition coefficient (Wildman–Crippen LogP) is 4.31. The number of rotatable bonds is 5. The second-order valence-corrected chi connectivity index (χ2v) is 10.5. The molecule has 3 heterocycles. The molecule has 1 fully saturated rings. The summed E-state index contributed by atoms with van der Waals surface area (Å²) in [5.74, 6) is 0. The molecule has 1 aliphatic heterocycles. The largest absolute Gasteiger partial charge is 0.370 e. The Kier molecular flexibility index (Phi) is 6.19. The van der Waals surface area contributed by atoms with Gasteiger partial charge in [-0.05, 0) is 56.0 Å². The Bertz CT molecular complexity index is 1170. The number of sulfone groups is 1. The molecule has 0 aliphatic carbocycles. The van der Waals surface area contributed by atoms with Crippen LogP contribution < -0.4 is 15.5 Å². The molecule has 2 amide bonds. The Morgan fingerprint density at radius 2 is 1.81 bits per heavy atom. The Morgan fingerprint density at radius 1 is 1.06 bits per heavy atom.